The molecule has 0 unspecified atom stereocenters. The zero-order valence-electron chi connectivity index (χ0n) is 14.8. The molecule has 0 fully saturated rings. The molecular weight excluding hydrogens is 304 g/mol. The summed E-state index contributed by atoms with van der Waals surface area (Å²) in [6, 6.07) is 4.14. The molecule has 1 aromatic carbocycles. The Morgan fingerprint density at radius 2 is 2.17 bits per heavy atom. The number of carbonyl (C=O) groups excluding carboxylic acids is 1. The molecular formula is C19H26N2O3. The second-order valence-corrected chi connectivity index (χ2v) is 6.42. The van der Waals surface area contributed by atoms with E-state index in [1.807, 2.05) is 13.0 Å². The Hall–Kier alpha value is -1.85. The summed E-state index contributed by atoms with van der Waals surface area (Å²) in [5, 5.41) is 10.4. The van der Waals surface area contributed by atoms with Crippen molar-refractivity contribution >= 4 is 16.9 Å². The number of nitrogens with zero attached hydrogens (tertiary/aromatic N) is 2. The van der Waals surface area contributed by atoms with Crippen LogP contribution in [0.5, 0.6) is 0 Å². The number of ether oxygens (including phenoxy) is 1. The van der Waals surface area contributed by atoms with Crippen molar-refractivity contribution < 1.29 is 14.6 Å². The van der Waals surface area contributed by atoms with Gasteiger partial charge < -0.3 is 14.4 Å². The number of hydrogen-bond donors (Lipinski definition) is 1. The highest BCUT2D eigenvalue weighted by molar-refractivity contribution is 6.06. The maximum atomic E-state index is 12.4. The number of hydrogen-bond acceptors (Lipinski definition) is 4. The van der Waals surface area contributed by atoms with E-state index in [0.29, 0.717) is 12.0 Å². The molecule has 0 amide bonds. The summed E-state index contributed by atoms with van der Waals surface area (Å²) in [6.45, 7) is 7.98. The summed E-state index contributed by atoms with van der Waals surface area (Å²) in [5.74, 6) is -0.287. The molecule has 0 radical (unpaired) electrons. The van der Waals surface area contributed by atoms with Gasteiger partial charge in [0, 0.05) is 43.7 Å². The van der Waals surface area contributed by atoms with Crippen molar-refractivity contribution in [2.75, 3.05) is 26.8 Å². The van der Waals surface area contributed by atoms with Crippen LogP contribution in [0.15, 0.2) is 12.1 Å². The summed E-state index contributed by atoms with van der Waals surface area (Å²) in [4.78, 5) is 14.8. The van der Waals surface area contributed by atoms with Crippen molar-refractivity contribution in [3.63, 3.8) is 0 Å². The predicted molar refractivity (Wildman–Crippen MR) is 94.4 cm³/mol. The number of methoxy groups -OCH3 is 1. The number of aromatic nitrogens is 1. The number of esters is 1. The topological polar surface area (TPSA) is 54.7 Å². The lowest BCUT2D eigenvalue weighted by Crippen LogP contribution is -2.30. The first-order valence-electron chi connectivity index (χ1n) is 8.67. The quantitative estimate of drug-likeness (QED) is 0.856. The average Bonchev–Trinajstić information content (AvgIpc) is 2.91. The van der Waals surface area contributed by atoms with Crippen LogP contribution >= 0.6 is 0 Å². The zero-order valence-corrected chi connectivity index (χ0v) is 14.8. The van der Waals surface area contributed by atoms with Gasteiger partial charge >= 0.3 is 5.97 Å². The molecule has 2 aromatic rings. The van der Waals surface area contributed by atoms with E-state index in [1.54, 1.807) is 0 Å². The Morgan fingerprint density at radius 3 is 2.83 bits per heavy atom. The molecule has 1 aliphatic heterocycles. The molecule has 130 valence electrons. The van der Waals surface area contributed by atoms with Crippen LogP contribution in [-0.4, -0.2) is 47.3 Å². The fourth-order valence-electron chi connectivity index (χ4n) is 3.80. The first-order valence-corrected chi connectivity index (χ1v) is 8.67. The molecule has 0 spiro atoms. The van der Waals surface area contributed by atoms with Gasteiger partial charge in [-0.25, -0.2) is 4.79 Å². The minimum Gasteiger partial charge on any atom is -0.465 e. The number of benzene rings is 1. The van der Waals surface area contributed by atoms with Crippen LogP contribution in [-0.2, 0) is 24.2 Å². The van der Waals surface area contributed by atoms with Crippen molar-refractivity contribution in [1.82, 2.24) is 9.47 Å². The molecule has 0 bridgehead atoms. The summed E-state index contributed by atoms with van der Waals surface area (Å²) >= 11 is 0. The second kappa shape index (κ2) is 6.95. The van der Waals surface area contributed by atoms with E-state index in [4.69, 9.17) is 4.74 Å². The third-order valence-corrected chi connectivity index (χ3v) is 5.08. The summed E-state index contributed by atoms with van der Waals surface area (Å²) in [6.07, 6.45) is 1.66. The SMILES string of the molecule is CCN1CCc2c(c3ccc(C)c(C(=O)OC)c3n2CCCO)C1. The number of likely N-dealkylation sites (N-methyl/N-ethyl adjacent to an activating group) is 1. The Labute approximate surface area is 142 Å². The lowest BCUT2D eigenvalue weighted by atomic mass is 10.0. The number of aryl methyl sites for hydroxylation is 2. The van der Waals surface area contributed by atoms with Crippen LogP contribution in [0.4, 0.5) is 0 Å². The van der Waals surface area contributed by atoms with Crippen LogP contribution in [0.3, 0.4) is 0 Å². The van der Waals surface area contributed by atoms with E-state index in [9.17, 15) is 9.90 Å². The fraction of sp³-hybridized carbons (Fsp3) is 0.526. The molecule has 5 nitrogen and oxygen atoms in total. The monoisotopic (exact) mass is 330 g/mol. The van der Waals surface area contributed by atoms with Crippen molar-refractivity contribution in [1.29, 1.82) is 0 Å². The summed E-state index contributed by atoms with van der Waals surface area (Å²) in [7, 11) is 1.43. The van der Waals surface area contributed by atoms with Gasteiger partial charge in [0.25, 0.3) is 0 Å². The fourth-order valence-corrected chi connectivity index (χ4v) is 3.80. The Balaban J connectivity index is 2.27. The molecule has 3 rings (SSSR count). The van der Waals surface area contributed by atoms with E-state index >= 15 is 0 Å². The van der Waals surface area contributed by atoms with E-state index in [0.717, 1.165) is 49.1 Å². The van der Waals surface area contributed by atoms with Gasteiger partial charge in [-0.05, 0) is 31.0 Å². The molecule has 2 heterocycles. The normalized spacial score (nSPS) is 14.8. The van der Waals surface area contributed by atoms with Gasteiger partial charge in [0.05, 0.1) is 18.2 Å². The minimum atomic E-state index is -0.287. The average molecular weight is 330 g/mol. The van der Waals surface area contributed by atoms with Crippen LogP contribution in [0.2, 0.25) is 0 Å². The number of rotatable bonds is 5. The molecule has 24 heavy (non-hydrogen) atoms. The highest BCUT2D eigenvalue weighted by atomic mass is 16.5. The van der Waals surface area contributed by atoms with Crippen LogP contribution in [0.1, 0.15) is 40.5 Å². The Kier molecular flexibility index (Phi) is 4.92. The molecule has 5 heteroatoms. The van der Waals surface area contributed by atoms with E-state index in [2.05, 4.69) is 22.5 Å². The van der Waals surface area contributed by atoms with Gasteiger partial charge in [-0.15, -0.1) is 0 Å². The number of carbonyl (C=O) groups is 1. The number of fused-ring (bicyclic) bond motifs is 3. The highest BCUT2D eigenvalue weighted by Gasteiger charge is 2.27. The molecule has 0 atom stereocenters. The van der Waals surface area contributed by atoms with Crippen LogP contribution in [0, 0.1) is 6.92 Å². The third-order valence-electron chi connectivity index (χ3n) is 5.08. The lowest BCUT2D eigenvalue weighted by molar-refractivity contribution is 0.0601. The first kappa shape index (κ1) is 17.0. The highest BCUT2D eigenvalue weighted by Crippen LogP contribution is 2.34. The van der Waals surface area contributed by atoms with Crippen molar-refractivity contribution in [3.8, 4) is 0 Å². The minimum absolute atomic E-state index is 0.148. The smallest absolute Gasteiger partial charge is 0.340 e. The van der Waals surface area contributed by atoms with Gasteiger partial charge in [0.2, 0.25) is 0 Å². The third kappa shape index (κ3) is 2.72. The molecule has 1 N–H and O–H groups in total. The maximum Gasteiger partial charge on any atom is 0.340 e. The van der Waals surface area contributed by atoms with E-state index in [1.165, 1.54) is 18.4 Å². The van der Waals surface area contributed by atoms with Crippen LogP contribution < -0.4 is 0 Å². The number of aliphatic hydroxyl groups is 1. The molecule has 0 saturated carbocycles. The molecule has 0 saturated heterocycles. The second-order valence-electron chi connectivity index (χ2n) is 6.42. The van der Waals surface area contributed by atoms with Gasteiger partial charge in [0.15, 0.2) is 0 Å². The Bertz CT molecular complexity index is 764. The van der Waals surface area contributed by atoms with E-state index < -0.39 is 0 Å². The molecule has 0 aliphatic carbocycles. The van der Waals surface area contributed by atoms with Gasteiger partial charge in [-0.2, -0.15) is 0 Å². The van der Waals surface area contributed by atoms with E-state index in [-0.39, 0.29) is 12.6 Å². The zero-order chi connectivity index (χ0) is 17.3. The predicted octanol–water partition coefficient (Wildman–Crippen LogP) is 2.50. The first-order chi connectivity index (χ1) is 11.6. The molecule has 1 aliphatic rings. The summed E-state index contributed by atoms with van der Waals surface area (Å²) < 4.78 is 7.29. The van der Waals surface area contributed by atoms with Gasteiger partial charge in [-0.3, -0.25) is 4.90 Å². The maximum absolute atomic E-state index is 12.4. The summed E-state index contributed by atoms with van der Waals surface area (Å²) in [5.41, 5.74) is 5.19. The largest absolute Gasteiger partial charge is 0.465 e. The number of aliphatic hydroxyl groups excluding tert-OH is 1. The van der Waals surface area contributed by atoms with Crippen LogP contribution in [0.25, 0.3) is 10.9 Å². The van der Waals surface area contributed by atoms with Gasteiger partial charge in [0.1, 0.15) is 0 Å². The standard InChI is InChI=1S/C19H26N2O3/c1-4-20-10-8-16-15(12-20)14-7-6-13(2)17(19(23)24-3)18(14)21(16)9-5-11-22/h6-7,22H,4-5,8-12H2,1-3H3. The van der Waals surface area contributed by atoms with Gasteiger partial charge in [-0.1, -0.05) is 19.1 Å². The molecule has 1 aromatic heterocycles. The Morgan fingerprint density at radius 1 is 1.38 bits per heavy atom. The van der Waals surface area contributed by atoms with Crippen molar-refractivity contribution in [3.05, 3.63) is 34.5 Å². The van der Waals surface area contributed by atoms with Crippen molar-refractivity contribution in [2.24, 2.45) is 0 Å². The lowest BCUT2D eigenvalue weighted by Gasteiger charge is -2.26. The van der Waals surface area contributed by atoms with Crippen molar-refractivity contribution in [2.45, 2.75) is 39.8 Å².